The van der Waals surface area contributed by atoms with Crippen molar-refractivity contribution in [2.24, 2.45) is 0 Å². The SMILES string of the molecule is CCOc1ccc2c(c1)CN(C(=O)Nc1ccc(C)c(NC(C)=O)c1)CC2. The number of carbonyl (C=O) groups is 2. The van der Waals surface area contributed by atoms with E-state index in [0.29, 0.717) is 31.1 Å². The zero-order valence-corrected chi connectivity index (χ0v) is 16.0. The Labute approximate surface area is 159 Å². The molecule has 142 valence electrons. The van der Waals surface area contributed by atoms with Crippen LogP contribution >= 0.6 is 0 Å². The molecule has 0 aromatic heterocycles. The fourth-order valence-corrected chi connectivity index (χ4v) is 3.19. The normalized spacial score (nSPS) is 12.9. The summed E-state index contributed by atoms with van der Waals surface area (Å²) in [6.45, 7) is 7.16. The molecule has 1 heterocycles. The minimum atomic E-state index is -0.153. The number of amides is 3. The lowest BCUT2D eigenvalue weighted by atomic mass is 10.00. The van der Waals surface area contributed by atoms with Crippen LogP contribution in [0, 0.1) is 6.92 Å². The fraction of sp³-hybridized carbons (Fsp3) is 0.333. The Morgan fingerprint density at radius 3 is 2.67 bits per heavy atom. The number of ether oxygens (including phenoxy) is 1. The average Bonchev–Trinajstić information content (AvgIpc) is 2.63. The van der Waals surface area contributed by atoms with Crippen molar-refractivity contribution in [3.8, 4) is 5.75 Å². The maximum absolute atomic E-state index is 12.7. The van der Waals surface area contributed by atoms with Crippen molar-refractivity contribution in [2.75, 3.05) is 23.8 Å². The largest absolute Gasteiger partial charge is 0.494 e. The summed E-state index contributed by atoms with van der Waals surface area (Å²) >= 11 is 0. The number of rotatable bonds is 4. The summed E-state index contributed by atoms with van der Waals surface area (Å²) in [7, 11) is 0. The van der Waals surface area contributed by atoms with Crippen LogP contribution in [0.25, 0.3) is 0 Å². The lowest BCUT2D eigenvalue weighted by Gasteiger charge is -2.29. The summed E-state index contributed by atoms with van der Waals surface area (Å²) in [6.07, 6.45) is 0.820. The Hall–Kier alpha value is -3.02. The van der Waals surface area contributed by atoms with E-state index in [1.807, 2.05) is 38.1 Å². The number of hydrogen-bond acceptors (Lipinski definition) is 3. The highest BCUT2D eigenvalue weighted by molar-refractivity contribution is 5.93. The summed E-state index contributed by atoms with van der Waals surface area (Å²) in [5.74, 6) is 0.691. The summed E-state index contributed by atoms with van der Waals surface area (Å²) in [5, 5.41) is 5.71. The van der Waals surface area contributed by atoms with E-state index >= 15 is 0 Å². The third kappa shape index (κ3) is 4.58. The molecule has 0 radical (unpaired) electrons. The van der Waals surface area contributed by atoms with Gasteiger partial charge in [-0.3, -0.25) is 4.79 Å². The first-order valence-corrected chi connectivity index (χ1v) is 9.15. The van der Waals surface area contributed by atoms with Gasteiger partial charge in [0, 0.05) is 31.4 Å². The van der Waals surface area contributed by atoms with Crippen LogP contribution in [0.1, 0.15) is 30.5 Å². The molecule has 27 heavy (non-hydrogen) atoms. The molecule has 3 rings (SSSR count). The van der Waals surface area contributed by atoms with Crippen molar-refractivity contribution in [2.45, 2.75) is 33.7 Å². The predicted molar refractivity (Wildman–Crippen MR) is 106 cm³/mol. The van der Waals surface area contributed by atoms with Gasteiger partial charge in [-0.25, -0.2) is 4.79 Å². The fourth-order valence-electron chi connectivity index (χ4n) is 3.19. The highest BCUT2D eigenvalue weighted by atomic mass is 16.5. The number of carbonyl (C=O) groups excluding carboxylic acids is 2. The molecule has 0 fully saturated rings. The Kier molecular flexibility index (Phi) is 5.64. The zero-order valence-electron chi connectivity index (χ0n) is 16.0. The van der Waals surface area contributed by atoms with Gasteiger partial charge in [-0.2, -0.15) is 0 Å². The minimum Gasteiger partial charge on any atom is -0.494 e. The van der Waals surface area contributed by atoms with Crippen LogP contribution in [0.4, 0.5) is 16.2 Å². The van der Waals surface area contributed by atoms with Crippen LogP contribution in [0.3, 0.4) is 0 Å². The predicted octanol–water partition coefficient (Wildman–Crippen LogP) is 3.94. The molecule has 2 N–H and O–H groups in total. The topological polar surface area (TPSA) is 70.7 Å². The Bertz CT molecular complexity index is 864. The molecule has 1 aliphatic rings. The van der Waals surface area contributed by atoms with Crippen LogP contribution < -0.4 is 15.4 Å². The Morgan fingerprint density at radius 1 is 1.11 bits per heavy atom. The average molecular weight is 367 g/mol. The van der Waals surface area contributed by atoms with Crippen LogP contribution in [0.2, 0.25) is 0 Å². The minimum absolute atomic E-state index is 0.140. The molecule has 2 aromatic rings. The molecule has 2 aromatic carbocycles. The van der Waals surface area contributed by atoms with E-state index in [9.17, 15) is 9.59 Å². The van der Waals surface area contributed by atoms with Gasteiger partial charge in [-0.1, -0.05) is 12.1 Å². The molecule has 3 amide bonds. The van der Waals surface area contributed by atoms with Crippen molar-refractivity contribution < 1.29 is 14.3 Å². The van der Waals surface area contributed by atoms with Crippen molar-refractivity contribution in [1.29, 1.82) is 0 Å². The van der Waals surface area contributed by atoms with Crippen molar-refractivity contribution in [1.82, 2.24) is 4.90 Å². The van der Waals surface area contributed by atoms with Gasteiger partial charge in [0.1, 0.15) is 5.75 Å². The van der Waals surface area contributed by atoms with Gasteiger partial charge in [-0.15, -0.1) is 0 Å². The smallest absolute Gasteiger partial charge is 0.322 e. The van der Waals surface area contributed by atoms with Crippen LogP contribution in [0.5, 0.6) is 5.75 Å². The van der Waals surface area contributed by atoms with Gasteiger partial charge in [0.15, 0.2) is 0 Å². The molecular formula is C21H25N3O3. The maximum atomic E-state index is 12.7. The van der Waals surface area contributed by atoms with Gasteiger partial charge in [0.2, 0.25) is 5.91 Å². The lowest BCUT2D eigenvalue weighted by Crippen LogP contribution is -2.38. The molecule has 0 saturated heterocycles. The van der Waals surface area contributed by atoms with Crippen LogP contribution in [-0.4, -0.2) is 30.0 Å². The first kappa shape index (κ1) is 18.8. The maximum Gasteiger partial charge on any atom is 0.322 e. The summed E-state index contributed by atoms with van der Waals surface area (Å²) in [6, 6.07) is 11.4. The van der Waals surface area contributed by atoms with Gasteiger partial charge in [-0.05, 0) is 61.2 Å². The molecule has 0 unspecified atom stereocenters. The molecular weight excluding hydrogens is 342 g/mol. The lowest BCUT2D eigenvalue weighted by molar-refractivity contribution is -0.114. The molecule has 0 bridgehead atoms. The van der Waals surface area contributed by atoms with E-state index in [1.165, 1.54) is 12.5 Å². The highest BCUT2D eigenvalue weighted by Crippen LogP contribution is 2.25. The summed E-state index contributed by atoms with van der Waals surface area (Å²) in [5.41, 5.74) is 4.67. The molecule has 0 atom stereocenters. The molecule has 0 saturated carbocycles. The third-order valence-electron chi connectivity index (χ3n) is 4.59. The zero-order chi connectivity index (χ0) is 19.4. The summed E-state index contributed by atoms with van der Waals surface area (Å²) < 4.78 is 5.57. The van der Waals surface area contributed by atoms with E-state index in [4.69, 9.17) is 4.74 Å². The van der Waals surface area contributed by atoms with E-state index < -0.39 is 0 Å². The third-order valence-corrected chi connectivity index (χ3v) is 4.59. The molecule has 0 spiro atoms. The second-order valence-electron chi connectivity index (χ2n) is 6.68. The number of aryl methyl sites for hydroxylation is 1. The number of anilines is 2. The molecule has 6 nitrogen and oxygen atoms in total. The number of fused-ring (bicyclic) bond motifs is 1. The standard InChI is InChI=1S/C21H25N3O3/c1-4-27-19-8-6-16-9-10-24(13-17(16)11-19)21(26)23-18-7-5-14(2)20(12-18)22-15(3)25/h5-8,11-12H,4,9-10,13H2,1-3H3,(H,22,25)(H,23,26). The first-order valence-electron chi connectivity index (χ1n) is 9.15. The van der Waals surface area contributed by atoms with Crippen LogP contribution in [-0.2, 0) is 17.8 Å². The van der Waals surface area contributed by atoms with Crippen LogP contribution in [0.15, 0.2) is 36.4 Å². The van der Waals surface area contributed by atoms with E-state index in [1.54, 1.807) is 11.0 Å². The Balaban J connectivity index is 1.70. The van der Waals surface area contributed by atoms with Crippen molar-refractivity contribution in [3.63, 3.8) is 0 Å². The van der Waals surface area contributed by atoms with Gasteiger partial charge in [0.25, 0.3) is 0 Å². The highest BCUT2D eigenvalue weighted by Gasteiger charge is 2.21. The van der Waals surface area contributed by atoms with Crippen molar-refractivity contribution >= 4 is 23.3 Å². The monoisotopic (exact) mass is 367 g/mol. The second-order valence-corrected chi connectivity index (χ2v) is 6.68. The number of nitrogens with zero attached hydrogens (tertiary/aromatic N) is 1. The van der Waals surface area contributed by atoms with Crippen molar-refractivity contribution in [3.05, 3.63) is 53.1 Å². The van der Waals surface area contributed by atoms with Gasteiger partial charge < -0.3 is 20.3 Å². The van der Waals surface area contributed by atoms with E-state index in [0.717, 1.165) is 23.3 Å². The second kappa shape index (κ2) is 8.12. The van der Waals surface area contributed by atoms with E-state index in [2.05, 4.69) is 16.7 Å². The first-order chi connectivity index (χ1) is 13.0. The molecule has 6 heteroatoms. The van der Waals surface area contributed by atoms with Gasteiger partial charge in [0.05, 0.1) is 6.61 Å². The number of urea groups is 1. The molecule has 0 aliphatic carbocycles. The van der Waals surface area contributed by atoms with Gasteiger partial charge >= 0.3 is 6.03 Å². The quantitative estimate of drug-likeness (QED) is 0.860. The number of benzene rings is 2. The van der Waals surface area contributed by atoms with E-state index in [-0.39, 0.29) is 11.9 Å². The summed E-state index contributed by atoms with van der Waals surface area (Å²) in [4.78, 5) is 25.8. The Morgan fingerprint density at radius 2 is 1.93 bits per heavy atom. The number of hydrogen-bond donors (Lipinski definition) is 2. The molecule has 1 aliphatic heterocycles. The number of nitrogens with one attached hydrogen (secondary N) is 2.